The number of hydrogen-bond donors (Lipinski definition) is 2. The lowest BCUT2D eigenvalue weighted by Gasteiger charge is -2.09. The smallest absolute Gasteiger partial charge is 0.256 e. The predicted octanol–water partition coefficient (Wildman–Crippen LogP) is 4.71. The predicted molar refractivity (Wildman–Crippen MR) is 101 cm³/mol. The molecule has 0 aliphatic carbocycles. The van der Waals surface area contributed by atoms with Gasteiger partial charge in [-0.1, -0.05) is 18.2 Å². The van der Waals surface area contributed by atoms with Crippen LogP contribution in [-0.4, -0.2) is 10.9 Å². The lowest BCUT2D eigenvalue weighted by atomic mass is 10.2. The molecule has 0 aliphatic heterocycles. The highest BCUT2D eigenvalue weighted by Crippen LogP contribution is 2.20. The number of amides is 1. The Morgan fingerprint density at radius 2 is 1.88 bits per heavy atom. The molecule has 2 aromatic carbocycles. The minimum absolute atomic E-state index is 0.211. The van der Waals surface area contributed by atoms with Gasteiger partial charge in [0.2, 0.25) is 0 Å². The molecule has 122 valence electrons. The van der Waals surface area contributed by atoms with Crippen LogP contribution in [0.1, 0.15) is 15.9 Å². The Bertz CT molecular complexity index is 948. The van der Waals surface area contributed by atoms with Gasteiger partial charge in [-0.3, -0.25) is 4.79 Å². The van der Waals surface area contributed by atoms with Crippen molar-refractivity contribution in [2.45, 2.75) is 0 Å². The maximum atomic E-state index is 12.3. The van der Waals surface area contributed by atoms with E-state index in [1.165, 1.54) is 0 Å². The summed E-state index contributed by atoms with van der Waals surface area (Å²) in [6, 6.07) is 20.0. The fraction of sp³-hybridized carbons (Fsp3) is 0. The van der Waals surface area contributed by atoms with Crippen molar-refractivity contribution in [1.29, 1.82) is 5.26 Å². The molecule has 0 unspecified atom stereocenters. The third-order valence-corrected chi connectivity index (χ3v) is 4.10. The van der Waals surface area contributed by atoms with Crippen LogP contribution in [0.3, 0.4) is 0 Å². The van der Waals surface area contributed by atoms with Gasteiger partial charge in [0.05, 0.1) is 29.1 Å². The normalized spacial score (nSPS) is 9.92. The minimum atomic E-state index is -0.211. The number of halogens is 1. The molecule has 0 radical (unpaired) electrons. The van der Waals surface area contributed by atoms with Gasteiger partial charge in [-0.05, 0) is 58.4 Å². The summed E-state index contributed by atoms with van der Waals surface area (Å²) in [5.74, 6) is 0.408. The Hall–Kier alpha value is -3.17. The van der Waals surface area contributed by atoms with Crippen LogP contribution < -0.4 is 10.6 Å². The summed E-state index contributed by atoms with van der Waals surface area (Å²) in [7, 11) is 0. The zero-order chi connectivity index (χ0) is 17.6. The molecule has 0 bridgehead atoms. The molecule has 0 saturated heterocycles. The number of nitriles is 1. The molecule has 1 aromatic heterocycles. The molecule has 2 N–H and O–H groups in total. The molecular formula is C19H13BrN4O. The number of hydrogen-bond acceptors (Lipinski definition) is 4. The number of pyridine rings is 1. The fourth-order valence-electron chi connectivity index (χ4n) is 2.20. The van der Waals surface area contributed by atoms with Crippen molar-refractivity contribution in [3.05, 3.63) is 82.5 Å². The Balaban J connectivity index is 1.69. The number of nitrogens with one attached hydrogen (secondary N) is 2. The molecule has 6 heteroatoms. The Labute approximate surface area is 153 Å². The van der Waals surface area contributed by atoms with Crippen LogP contribution in [0.5, 0.6) is 0 Å². The van der Waals surface area contributed by atoms with E-state index in [4.69, 9.17) is 5.26 Å². The zero-order valence-corrected chi connectivity index (χ0v) is 14.6. The van der Waals surface area contributed by atoms with Gasteiger partial charge in [-0.25, -0.2) is 4.98 Å². The van der Waals surface area contributed by atoms with Crippen molar-refractivity contribution < 1.29 is 4.79 Å². The van der Waals surface area contributed by atoms with E-state index in [2.05, 4.69) is 37.6 Å². The first kappa shape index (κ1) is 16.7. The zero-order valence-electron chi connectivity index (χ0n) is 13.0. The third-order valence-electron chi connectivity index (χ3n) is 3.40. The standard InChI is InChI=1S/C19H13BrN4O/c20-17-7-2-1-6-16(17)19(25)24-15-8-9-18(22-12-15)23-14-5-3-4-13(10-14)11-21/h1-10,12H,(H,22,23)(H,24,25). The van der Waals surface area contributed by atoms with Gasteiger partial charge in [-0.15, -0.1) is 0 Å². The van der Waals surface area contributed by atoms with Crippen molar-refractivity contribution in [3.63, 3.8) is 0 Å². The second-order valence-electron chi connectivity index (χ2n) is 5.18. The highest BCUT2D eigenvalue weighted by atomic mass is 79.9. The van der Waals surface area contributed by atoms with E-state index in [0.29, 0.717) is 22.6 Å². The van der Waals surface area contributed by atoms with Gasteiger partial charge in [0.1, 0.15) is 5.82 Å². The summed E-state index contributed by atoms with van der Waals surface area (Å²) < 4.78 is 0.733. The molecule has 5 nitrogen and oxygen atoms in total. The van der Waals surface area contributed by atoms with Crippen LogP contribution in [0.25, 0.3) is 0 Å². The Morgan fingerprint density at radius 1 is 1.04 bits per heavy atom. The fourth-order valence-corrected chi connectivity index (χ4v) is 2.66. The largest absolute Gasteiger partial charge is 0.340 e. The van der Waals surface area contributed by atoms with E-state index in [9.17, 15) is 4.79 Å². The van der Waals surface area contributed by atoms with Crippen LogP contribution in [0, 0.1) is 11.3 Å². The van der Waals surface area contributed by atoms with Crippen LogP contribution in [-0.2, 0) is 0 Å². The van der Waals surface area contributed by atoms with Gasteiger partial charge >= 0.3 is 0 Å². The summed E-state index contributed by atoms with van der Waals surface area (Å²) in [5.41, 5.74) is 2.49. The first-order chi connectivity index (χ1) is 12.2. The third kappa shape index (κ3) is 4.22. The molecule has 0 saturated carbocycles. The lowest BCUT2D eigenvalue weighted by molar-refractivity contribution is 0.102. The number of carbonyl (C=O) groups is 1. The highest BCUT2D eigenvalue weighted by molar-refractivity contribution is 9.10. The van der Waals surface area contributed by atoms with Crippen molar-refractivity contribution >= 4 is 39.0 Å². The van der Waals surface area contributed by atoms with Crippen LogP contribution in [0.15, 0.2) is 71.3 Å². The summed E-state index contributed by atoms with van der Waals surface area (Å²) >= 11 is 3.36. The Morgan fingerprint density at radius 3 is 2.60 bits per heavy atom. The highest BCUT2D eigenvalue weighted by Gasteiger charge is 2.09. The van der Waals surface area contributed by atoms with Gasteiger partial charge in [0, 0.05) is 10.2 Å². The van der Waals surface area contributed by atoms with Gasteiger partial charge in [-0.2, -0.15) is 5.26 Å². The van der Waals surface area contributed by atoms with E-state index < -0.39 is 0 Å². The van der Waals surface area contributed by atoms with E-state index in [1.54, 1.807) is 48.7 Å². The first-order valence-electron chi connectivity index (χ1n) is 7.45. The number of nitrogens with zero attached hydrogens (tertiary/aromatic N) is 2. The monoisotopic (exact) mass is 392 g/mol. The maximum absolute atomic E-state index is 12.3. The number of aromatic nitrogens is 1. The van der Waals surface area contributed by atoms with Crippen LogP contribution in [0.2, 0.25) is 0 Å². The second-order valence-corrected chi connectivity index (χ2v) is 6.04. The molecular weight excluding hydrogens is 380 g/mol. The molecule has 1 heterocycles. The van der Waals surface area contributed by atoms with Crippen LogP contribution >= 0.6 is 15.9 Å². The molecule has 0 fully saturated rings. The minimum Gasteiger partial charge on any atom is -0.340 e. The second kappa shape index (κ2) is 7.60. The first-order valence-corrected chi connectivity index (χ1v) is 8.24. The number of rotatable bonds is 4. The molecule has 3 rings (SSSR count). The average molecular weight is 393 g/mol. The van der Waals surface area contributed by atoms with Crippen molar-refractivity contribution in [3.8, 4) is 6.07 Å². The molecule has 0 spiro atoms. The Kier molecular flexibility index (Phi) is 5.07. The molecule has 0 aliphatic rings. The quantitative estimate of drug-likeness (QED) is 0.673. The SMILES string of the molecule is N#Cc1cccc(Nc2ccc(NC(=O)c3ccccc3Br)cn2)c1. The number of carbonyl (C=O) groups excluding carboxylic acids is 1. The number of anilines is 3. The van der Waals surface area contributed by atoms with Crippen LogP contribution in [0.4, 0.5) is 17.2 Å². The topological polar surface area (TPSA) is 77.8 Å². The number of benzene rings is 2. The molecule has 25 heavy (non-hydrogen) atoms. The summed E-state index contributed by atoms with van der Waals surface area (Å²) in [4.78, 5) is 16.5. The molecule has 0 atom stereocenters. The maximum Gasteiger partial charge on any atom is 0.256 e. The molecule has 3 aromatic rings. The van der Waals surface area contributed by atoms with Gasteiger partial charge < -0.3 is 10.6 Å². The van der Waals surface area contributed by atoms with Crippen molar-refractivity contribution in [2.24, 2.45) is 0 Å². The molecule has 1 amide bonds. The summed E-state index contributed by atoms with van der Waals surface area (Å²) in [6.07, 6.45) is 1.57. The van der Waals surface area contributed by atoms with E-state index in [0.717, 1.165) is 10.2 Å². The van der Waals surface area contributed by atoms with Crippen molar-refractivity contribution in [1.82, 2.24) is 4.98 Å². The van der Waals surface area contributed by atoms with E-state index in [-0.39, 0.29) is 5.91 Å². The summed E-state index contributed by atoms with van der Waals surface area (Å²) in [6.45, 7) is 0. The van der Waals surface area contributed by atoms with Crippen molar-refractivity contribution in [2.75, 3.05) is 10.6 Å². The van der Waals surface area contributed by atoms with Gasteiger partial charge in [0.15, 0.2) is 0 Å². The lowest BCUT2D eigenvalue weighted by Crippen LogP contribution is -2.12. The van der Waals surface area contributed by atoms with E-state index in [1.807, 2.05) is 18.2 Å². The van der Waals surface area contributed by atoms with Gasteiger partial charge in [0.25, 0.3) is 5.91 Å². The summed E-state index contributed by atoms with van der Waals surface area (Å²) in [5, 5.41) is 14.8. The van der Waals surface area contributed by atoms with E-state index >= 15 is 0 Å². The average Bonchev–Trinajstić information content (AvgIpc) is 2.64.